The van der Waals surface area contributed by atoms with Crippen LogP contribution < -0.4 is 14.8 Å². The summed E-state index contributed by atoms with van der Waals surface area (Å²) in [5.41, 5.74) is 2.67. The third kappa shape index (κ3) is 4.12. The van der Waals surface area contributed by atoms with E-state index in [0.717, 1.165) is 5.69 Å². The second-order valence-electron chi connectivity index (χ2n) is 5.89. The van der Waals surface area contributed by atoms with Gasteiger partial charge in [-0.15, -0.1) is 0 Å². The lowest BCUT2D eigenvalue weighted by Crippen LogP contribution is -2.17. The van der Waals surface area contributed by atoms with Gasteiger partial charge in [-0.2, -0.15) is 10.2 Å². The van der Waals surface area contributed by atoms with E-state index in [9.17, 15) is 4.79 Å². The van der Waals surface area contributed by atoms with E-state index in [1.54, 1.807) is 42.5 Å². The number of carbonyl (C=O) groups is 1. The van der Waals surface area contributed by atoms with Crippen molar-refractivity contribution < 1.29 is 14.3 Å². The summed E-state index contributed by atoms with van der Waals surface area (Å²) in [6.45, 7) is 1.00. The fraction of sp³-hybridized carbons (Fsp3) is 0.0952. The van der Waals surface area contributed by atoms with Crippen LogP contribution in [0.3, 0.4) is 0 Å². The zero-order valence-corrected chi connectivity index (χ0v) is 14.5. The van der Waals surface area contributed by atoms with E-state index < -0.39 is 0 Å². The molecule has 1 aliphatic rings. The van der Waals surface area contributed by atoms with Gasteiger partial charge in [-0.1, -0.05) is 18.2 Å². The molecule has 4 rings (SSSR count). The summed E-state index contributed by atoms with van der Waals surface area (Å²) in [6, 6.07) is 21.8. The van der Waals surface area contributed by atoms with Gasteiger partial charge in [-0.3, -0.25) is 4.79 Å². The van der Waals surface area contributed by atoms with Crippen molar-refractivity contribution in [2.75, 3.05) is 18.5 Å². The first-order valence-electron chi connectivity index (χ1n) is 8.56. The minimum atomic E-state index is -0.217. The van der Waals surface area contributed by atoms with Gasteiger partial charge in [0, 0.05) is 11.3 Å². The highest BCUT2D eigenvalue weighted by molar-refractivity contribution is 6.04. The summed E-state index contributed by atoms with van der Waals surface area (Å²) in [4.78, 5) is 12.4. The molecule has 6 heteroatoms. The molecule has 0 fully saturated rings. The van der Waals surface area contributed by atoms with Crippen LogP contribution in [0.5, 0.6) is 11.5 Å². The number of carbonyl (C=O) groups excluding carboxylic acids is 1. The fourth-order valence-corrected chi connectivity index (χ4v) is 2.61. The number of rotatable bonds is 4. The number of azo groups is 1. The Balaban J connectivity index is 1.42. The lowest BCUT2D eigenvalue weighted by Gasteiger charge is -2.18. The van der Waals surface area contributed by atoms with Gasteiger partial charge in [0.2, 0.25) is 0 Å². The molecule has 0 unspecified atom stereocenters. The van der Waals surface area contributed by atoms with E-state index in [1.165, 1.54) is 0 Å². The Labute approximate surface area is 156 Å². The molecule has 0 saturated carbocycles. The Morgan fingerprint density at radius 3 is 2.19 bits per heavy atom. The quantitative estimate of drug-likeness (QED) is 0.657. The van der Waals surface area contributed by atoms with Gasteiger partial charge in [0.05, 0.1) is 11.4 Å². The molecule has 0 radical (unpaired) electrons. The highest BCUT2D eigenvalue weighted by Gasteiger charge is 2.15. The van der Waals surface area contributed by atoms with Gasteiger partial charge < -0.3 is 14.8 Å². The third-order valence-electron chi connectivity index (χ3n) is 3.97. The fourth-order valence-electron chi connectivity index (χ4n) is 2.61. The van der Waals surface area contributed by atoms with Gasteiger partial charge in [-0.05, 0) is 54.6 Å². The van der Waals surface area contributed by atoms with Gasteiger partial charge in [0.25, 0.3) is 5.91 Å². The van der Waals surface area contributed by atoms with E-state index in [4.69, 9.17) is 9.47 Å². The number of amides is 1. The summed E-state index contributed by atoms with van der Waals surface area (Å²) < 4.78 is 11.0. The molecular weight excluding hydrogens is 342 g/mol. The maximum Gasteiger partial charge on any atom is 0.255 e. The van der Waals surface area contributed by atoms with Crippen molar-refractivity contribution in [2.45, 2.75) is 0 Å². The molecule has 0 aromatic heterocycles. The number of hydrogen-bond donors (Lipinski definition) is 1. The van der Waals surface area contributed by atoms with Crippen molar-refractivity contribution in [1.82, 2.24) is 0 Å². The van der Waals surface area contributed by atoms with Gasteiger partial charge in [-0.25, -0.2) is 0 Å². The maximum atomic E-state index is 12.4. The molecule has 134 valence electrons. The van der Waals surface area contributed by atoms with Crippen LogP contribution in [0, 0.1) is 0 Å². The van der Waals surface area contributed by atoms with Crippen LogP contribution >= 0.6 is 0 Å². The molecule has 0 bridgehead atoms. The highest BCUT2D eigenvalue weighted by atomic mass is 16.6. The van der Waals surface area contributed by atoms with Crippen molar-refractivity contribution in [3.8, 4) is 11.5 Å². The topological polar surface area (TPSA) is 72.3 Å². The van der Waals surface area contributed by atoms with Crippen molar-refractivity contribution in [1.29, 1.82) is 0 Å². The summed E-state index contributed by atoms with van der Waals surface area (Å²) in [7, 11) is 0. The Kier molecular flexibility index (Phi) is 4.78. The summed E-state index contributed by atoms with van der Waals surface area (Å²) in [6.07, 6.45) is 0. The van der Waals surface area contributed by atoms with Crippen LogP contribution in [0.2, 0.25) is 0 Å². The van der Waals surface area contributed by atoms with E-state index in [0.29, 0.717) is 41.7 Å². The molecule has 1 N–H and O–H groups in total. The van der Waals surface area contributed by atoms with Crippen LogP contribution in [0.4, 0.5) is 17.1 Å². The lowest BCUT2D eigenvalue weighted by molar-refractivity contribution is 0.102. The molecule has 3 aromatic carbocycles. The monoisotopic (exact) mass is 359 g/mol. The SMILES string of the molecule is O=C(Nc1ccc(N=Nc2ccccc2)cc1)c1ccc2c(c1)OCCO2. The average molecular weight is 359 g/mol. The molecule has 0 saturated heterocycles. The van der Waals surface area contributed by atoms with Crippen molar-refractivity contribution in [3.63, 3.8) is 0 Å². The molecule has 0 atom stereocenters. The number of benzene rings is 3. The predicted octanol–water partition coefficient (Wildman–Crippen LogP) is 5.13. The highest BCUT2D eigenvalue weighted by Crippen LogP contribution is 2.31. The van der Waals surface area contributed by atoms with E-state index in [2.05, 4.69) is 15.5 Å². The summed E-state index contributed by atoms with van der Waals surface area (Å²) in [5, 5.41) is 11.2. The molecule has 0 aliphatic carbocycles. The van der Waals surface area contributed by atoms with E-state index in [1.807, 2.05) is 30.3 Å². The normalized spacial score (nSPS) is 12.7. The minimum absolute atomic E-state index is 0.217. The Hall–Kier alpha value is -3.67. The van der Waals surface area contributed by atoms with Crippen molar-refractivity contribution in [3.05, 3.63) is 78.4 Å². The first kappa shape index (κ1) is 16.8. The molecule has 1 amide bonds. The zero-order chi connectivity index (χ0) is 18.5. The van der Waals surface area contributed by atoms with Gasteiger partial charge in [0.1, 0.15) is 13.2 Å². The molecule has 3 aromatic rings. The Morgan fingerprint density at radius 2 is 1.44 bits per heavy atom. The first-order chi connectivity index (χ1) is 13.3. The number of anilines is 1. The zero-order valence-electron chi connectivity index (χ0n) is 14.5. The second-order valence-corrected chi connectivity index (χ2v) is 5.89. The van der Waals surface area contributed by atoms with E-state index >= 15 is 0 Å². The van der Waals surface area contributed by atoms with Crippen LogP contribution in [0.1, 0.15) is 10.4 Å². The van der Waals surface area contributed by atoms with Crippen LogP contribution in [0.15, 0.2) is 83.0 Å². The standard InChI is InChI=1S/C21H17N3O3/c25-21(15-6-11-19-20(14-15)27-13-12-26-19)22-16-7-9-18(10-8-16)24-23-17-4-2-1-3-5-17/h1-11,14H,12-13H2,(H,22,25). The minimum Gasteiger partial charge on any atom is -0.486 e. The molecule has 1 aliphatic heterocycles. The molecule has 1 heterocycles. The van der Waals surface area contributed by atoms with Crippen LogP contribution in [-0.2, 0) is 0 Å². The Morgan fingerprint density at radius 1 is 0.778 bits per heavy atom. The number of nitrogens with zero attached hydrogens (tertiary/aromatic N) is 2. The first-order valence-corrected chi connectivity index (χ1v) is 8.56. The van der Waals surface area contributed by atoms with Crippen molar-refractivity contribution >= 4 is 23.0 Å². The smallest absolute Gasteiger partial charge is 0.255 e. The second kappa shape index (κ2) is 7.70. The van der Waals surface area contributed by atoms with E-state index in [-0.39, 0.29) is 5.91 Å². The van der Waals surface area contributed by atoms with Crippen molar-refractivity contribution in [2.24, 2.45) is 10.2 Å². The molecule has 27 heavy (non-hydrogen) atoms. The van der Waals surface area contributed by atoms with Crippen LogP contribution in [-0.4, -0.2) is 19.1 Å². The number of fused-ring (bicyclic) bond motifs is 1. The average Bonchev–Trinajstić information content (AvgIpc) is 2.73. The van der Waals surface area contributed by atoms with Gasteiger partial charge >= 0.3 is 0 Å². The van der Waals surface area contributed by atoms with Crippen LogP contribution in [0.25, 0.3) is 0 Å². The molecule has 6 nitrogen and oxygen atoms in total. The number of nitrogens with one attached hydrogen (secondary N) is 1. The largest absolute Gasteiger partial charge is 0.486 e. The molecule has 0 spiro atoms. The summed E-state index contributed by atoms with van der Waals surface area (Å²) in [5.74, 6) is 1.03. The Bertz CT molecular complexity index is 970. The third-order valence-corrected chi connectivity index (χ3v) is 3.97. The number of ether oxygens (including phenoxy) is 2. The maximum absolute atomic E-state index is 12.4. The number of hydrogen-bond acceptors (Lipinski definition) is 5. The summed E-state index contributed by atoms with van der Waals surface area (Å²) >= 11 is 0. The van der Waals surface area contributed by atoms with Gasteiger partial charge in [0.15, 0.2) is 11.5 Å². The lowest BCUT2D eigenvalue weighted by atomic mass is 10.1. The molecular formula is C21H17N3O3. The predicted molar refractivity (Wildman–Crippen MR) is 102 cm³/mol.